The Bertz CT molecular complexity index is 1010. The van der Waals surface area contributed by atoms with Crippen LogP contribution in [0.4, 0.5) is 0 Å². The molecule has 0 saturated heterocycles. The summed E-state index contributed by atoms with van der Waals surface area (Å²) in [5.41, 5.74) is 1.16. The van der Waals surface area contributed by atoms with Crippen molar-refractivity contribution in [1.82, 2.24) is 0 Å². The first kappa shape index (κ1) is 29.8. The molecule has 0 amide bonds. The van der Waals surface area contributed by atoms with Crippen LogP contribution in [0.5, 0.6) is 17.2 Å². The first-order valence-corrected chi connectivity index (χ1v) is 16.0. The van der Waals surface area contributed by atoms with E-state index in [2.05, 4.69) is 13.0 Å². The van der Waals surface area contributed by atoms with Crippen LogP contribution in [-0.4, -0.2) is 0 Å². The second kappa shape index (κ2) is 17.7. The van der Waals surface area contributed by atoms with E-state index in [1.54, 1.807) is 30.3 Å². The number of para-hydroxylation sites is 2. The van der Waals surface area contributed by atoms with Gasteiger partial charge in [-0.15, -0.1) is 0 Å². The second-order valence-corrected chi connectivity index (χ2v) is 11.4. The van der Waals surface area contributed by atoms with Crippen LogP contribution in [0.2, 0.25) is 0 Å². The molecule has 0 aliphatic carbocycles. The Morgan fingerprint density at radius 1 is 0.500 bits per heavy atom. The number of hydrogen-bond acceptors (Lipinski definition) is 4. The molecule has 0 aliphatic heterocycles. The Balaban J connectivity index is 1.41. The van der Waals surface area contributed by atoms with Crippen LogP contribution in [0.1, 0.15) is 96.0 Å². The summed E-state index contributed by atoms with van der Waals surface area (Å²) < 4.78 is 31.0. The molecule has 3 aromatic rings. The molecule has 0 aliphatic rings. The van der Waals surface area contributed by atoms with Gasteiger partial charge >= 0.3 is 7.82 Å². The van der Waals surface area contributed by atoms with Gasteiger partial charge in [-0.05, 0) is 54.8 Å². The normalized spacial score (nSPS) is 11.3. The number of hydrogen-bond donors (Lipinski definition) is 0. The molecule has 4 nitrogen and oxygen atoms in total. The van der Waals surface area contributed by atoms with Crippen LogP contribution in [0.25, 0.3) is 0 Å². The lowest BCUT2D eigenvalue weighted by molar-refractivity contribution is 0.298. The van der Waals surface area contributed by atoms with Crippen molar-refractivity contribution >= 4 is 7.82 Å². The van der Waals surface area contributed by atoms with Crippen LogP contribution < -0.4 is 13.6 Å². The highest BCUT2D eigenvalue weighted by Gasteiger charge is 2.33. The molecule has 0 fully saturated rings. The predicted octanol–water partition coefficient (Wildman–Crippen LogP) is 11.0. The highest BCUT2D eigenvalue weighted by molar-refractivity contribution is 7.49. The number of rotatable bonds is 20. The number of phosphoric acid groups is 1. The van der Waals surface area contributed by atoms with E-state index in [-0.39, 0.29) is 0 Å². The SMILES string of the molecule is CCCCCCCCCCCCCCCc1cccc(OP(=O)(Oc2ccccc2)Oc2ccccc2)c1. The Labute approximate surface area is 230 Å². The summed E-state index contributed by atoms with van der Waals surface area (Å²) in [5, 5.41) is 0. The molecule has 0 atom stereocenters. The van der Waals surface area contributed by atoms with E-state index in [4.69, 9.17) is 13.6 Å². The molecule has 3 aromatic carbocycles. The van der Waals surface area contributed by atoms with Crippen molar-refractivity contribution in [2.24, 2.45) is 0 Å². The van der Waals surface area contributed by atoms with Gasteiger partial charge in [0.25, 0.3) is 0 Å². The maximum Gasteiger partial charge on any atom is 0.647 e. The molecule has 5 heteroatoms. The van der Waals surface area contributed by atoms with E-state index < -0.39 is 7.82 Å². The summed E-state index contributed by atoms with van der Waals surface area (Å²) in [6.45, 7) is 2.27. The summed E-state index contributed by atoms with van der Waals surface area (Å²) in [7, 11) is -3.97. The fourth-order valence-corrected chi connectivity index (χ4v) is 5.75. The van der Waals surface area contributed by atoms with Gasteiger partial charge in [-0.1, -0.05) is 133 Å². The van der Waals surface area contributed by atoms with Gasteiger partial charge in [0.05, 0.1) is 0 Å². The molecule has 0 unspecified atom stereocenters. The predicted molar refractivity (Wildman–Crippen MR) is 158 cm³/mol. The van der Waals surface area contributed by atoms with Crippen LogP contribution in [-0.2, 0) is 11.0 Å². The summed E-state index contributed by atoms with van der Waals surface area (Å²) in [5.74, 6) is 1.33. The molecular weight excluding hydrogens is 491 g/mol. The highest BCUT2D eigenvalue weighted by Crippen LogP contribution is 2.49. The lowest BCUT2D eigenvalue weighted by Gasteiger charge is -2.19. The van der Waals surface area contributed by atoms with Gasteiger partial charge in [0.1, 0.15) is 17.2 Å². The average molecular weight is 537 g/mol. The smallest absolute Gasteiger partial charge is 0.386 e. The summed E-state index contributed by atoms with van der Waals surface area (Å²) in [6.07, 6.45) is 18.4. The fraction of sp³-hybridized carbons (Fsp3) is 0.455. The maximum atomic E-state index is 13.7. The van der Waals surface area contributed by atoms with E-state index in [1.165, 1.54) is 77.0 Å². The quantitative estimate of drug-likeness (QED) is 0.106. The molecule has 206 valence electrons. The maximum absolute atomic E-state index is 13.7. The van der Waals surface area contributed by atoms with Crippen LogP contribution >= 0.6 is 7.82 Å². The zero-order valence-electron chi connectivity index (χ0n) is 23.1. The summed E-state index contributed by atoms with van der Waals surface area (Å²) in [6, 6.07) is 25.7. The number of aryl methyl sites for hydroxylation is 1. The third-order valence-electron chi connectivity index (χ3n) is 6.61. The van der Waals surface area contributed by atoms with Crippen LogP contribution in [0, 0.1) is 0 Å². The van der Waals surface area contributed by atoms with Crippen LogP contribution in [0.3, 0.4) is 0 Å². The highest BCUT2D eigenvalue weighted by atomic mass is 31.2. The Morgan fingerprint density at radius 3 is 1.42 bits per heavy atom. The van der Waals surface area contributed by atoms with Gasteiger partial charge in [-0.3, -0.25) is 0 Å². The molecule has 3 rings (SSSR count). The monoisotopic (exact) mass is 536 g/mol. The Hall–Kier alpha value is -2.71. The lowest BCUT2D eigenvalue weighted by atomic mass is 10.0. The first-order chi connectivity index (χ1) is 18.7. The van der Waals surface area contributed by atoms with Gasteiger partial charge in [-0.25, -0.2) is 0 Å². The van der Waals surface area contributed by atoms with Gasteiger partial charge in [0.2, 0.25) is 0 Å². The van der Waals surface area contributed by atoms with Gasteiger partial charge < -0.3 is 13.6 Å². The van der Waals surface area contributed by atoms with Gasteiger partial charge in [0, 0.05) is 0 Å². The number of benzene rings is 3. The molecular formula is C33H45O4P. The van der Waals surface area contributed by atoms with Crippen molar-refractivity contribution in [1.29, 1.82) is 0 Å². The molecule has 0 aromatic heterocycles. The largest absolute Gasteiger partial charge is 0.647 e. The van der Waals surface area contributed by atoms with Crippen molar-refractivity contribution in [3.8, 4) is 17.2 Å². The van der Waals surface area contributed by atoms with Crippen LogP contribution in [0.15, 0.2) is 84.9 Å². The molecule has 0 bridgehead atoms. The summed E-state index contributed by atoms with van der Waals surface area (Å²) >= 11 is 0. The second-order valence-electron chi connectivity index (χ2n) is 9.99. The van der Waals surface area contributed by atoms with Gasteiger partial charge in [-0.2, -0.15) is 4.57 Å². The minimum absolute atomic E-state index is 0.426. The van der Waals surface area contributed by atoms with E-state index in [1.807, 2.05) is 48.5 Å². The third kappa shape index (κ3) is 12.2. The van der Waals surface area contributed by atoms with Crippen molar-refractivity contribution < 1.29 is 18.1 Å². The van der Waals surface area contributed by atoms with Crippen molar-refractivity contribution in [3.63, 3.8) is 0 Å². The lowest BCUT2D eigenvalue weighted by Crippen LogP contribution is -2.07. The minimum Gasteiger partial charge on any atom is -0.386 e. The van der Waals surface area contributed by atoms with E-state index >= 15 is 0 Å². The van der Waals surface area contributed by atoms with E-state index in [0.29, 0.717) is 17.2 Å². The van der Waals surface area contributed by atoms with Crippen molar-refractivity contribution in [2.75, 3.05) is 0 Å². The Kier molecular flexibility index (Phi) is 13.9. The molecule has 0 N–H and O–H groups in total. The zero-order valence-corrected chi connectivity index (χ0v) is 24.0. The van der Waals surface area contributed by atoms with E-state index in [9.17, 15) is 4.57 Å². The summed E-state index contributed by atoms with van der Waals surface area (Å²) in [4.78, 5) is 0. The topological polar surface area (TPSA) is 44.8 Å². The molecule has 0 heterocycles. The molecule has 0 spiro atoms. The standard InChI is InChI=1S/C33H45O4P/c1-2-3-4-5-6-7-8-9-10-11-12-13-16-22-30-23-21-28-33(29-30)37-38(34,35-31-24-17-14-18-25-31)36-32-26-19-15-20-27-32/h14-15,17-21,23-29H,2-13,16,22H2,1H3. The Morgan fingerprint density at radius 2 is 0.921 bits per heavy atom. The molecule has 0 saturated carbocycles. The molecule has 38 heavy (non-hydrogen) atoms. The zero-order chi connectivity index (χ0) is 26.7. The number of unbranched alkanes of at least 4 members (excludes halogenated alkanes) is 12. The van der Waals surface area contributed by atoms with Crippen molar-refractivity contribution in [2.45, 2.75) is 96.8 Å². The fourth-order valence-electron chi connectivity index (χ4n) is 4.51. The minimum atomic E-state index is -3.97. The van der Waals surface area contributed by atoms with Gasteiger partial charge in [0.15, 0.2) is 0 Å². The number of phosphoric ester groups is 1. The van der Waals surface area contributed by atoms with Crippen molar-refractivity contribution in [3.05, 3.63) is 90.5 Å². The molecule has 0 radical (unpaired) electrons. The first-order valence-electron chi connectivity index (χ1n) is 14.5. The third-order valence-corrected chi connectivity index (χ3v) is 7.91. The van der Waals surface area contributed by atoms with E-state index in [0.717, 1.165) is 18.4 Å². The average Bonchev–Trinajstić information content (AvgIpc) is 2.92.